The molecule has 1 rings (SSSR count). The number of aryl methyl sites for hydroxylation is 1. The highest BCUT2D eigenvalue weighted by Crippen LogP contribution is 2.12. The lowest BCUT2D eigenvalue weighted by atomic mass is 10.2. The van der Waals surface area contributed by atoms with E-state index < -0.39 is 0 Å². The molecule has 0 saturated heterocycles. The maximum absolute atomic E-state index is 5.47. The third-order valence-corrected chi connectivity index (χ3v) is 1.65. The lowest BCUT2D eigenvalue weighted by Crippen LogP contribution is -2.22. The first-order valence-electron chi connectivity index (χ1n) is 4.23. The zero-order chi connectivity index (χ0) is 8.97. The highest BCUT2D eigenvalue weighted by Gasteiger charge is 1.96. The summed E-state index contributed by atoms with van der Waals surface area (Å²) in [6.07, 6.45) is 0.816. The Morgan fingerprint density at radius 2 is 1.92 bits per heavy atom. The van der Waals surface area contributed by atoms with Crippen LogP contribution in [0.3, 0.4) is 0 Å². The average molecular weight is 165 g/mol. The van der Waals surface area contributed by atoms with Gasteiger partial charge >= 0.3 is 0 Å². The third kappa shape index (κ3) is 2.55. The number of hydrogen-bond donors (Lipinski definition) is 1. The second-order valence-corrected chi connectivity index (χ2v) is 2.82. The zero-order valence-electron chi connectivity index (χ0n) is 7.58. The van der Waals surface area contributed by atoms with Crippen molar-refractivity contribution in [3.8, 4) is 5.75 Å². The molecule has 2 nitrogen and oxygen atoms in total. The van der Waals surface area contributed by atoms with Crippen molar-refractivity contribution in [2.24, 2.45) is 5.73 Å². The van der Waals surface area contributed by atoms with E-state index in [1.54, 1.807) is 0 Å². The second-order valence-electron chi connectivity index (χ2n) is 2.82. The van der Waals surface area contributed by atoms with Crippen molar-refractivity contribution < 1.29 is 4.74 Å². The van der Waals surface area contributed by atoms with Gasteiger partial charge in [-0.15, -0.1) is 0 Å². The summed E-state index contributed by atoms with van der Waals surface area (Å²) in [4.78, 5) is 0. The van der Waals surface area contributed by atoms with Gasteiger partial charge in [0.2, 0.25) is 0 Å². The fourth-order valence-electron chi connectivity index (χ4n) is 1.02. The van der Waals surface area contributed by atoms with Gasteiger partial charge in [0.05, 0.1) is 0 Å². The molecule has 0 radical (unpaired) electrons. The highest BCUT2D eigenvalue weighted by atomic mass is 16.5. The average Bonchev–Trinajstić information content (AvgIpc) is 2.05. The summed E-state index contributed by atoms with van der Waals surface area (Å²) < 4.78 is 5.29. The van der Waals surface area contributed by atoms with Gasteiger partial charge < -0.3 is 4.74 Å². The summed E-state index contributed by atoms with van der Waals surface area (Å²) in [7, 11) is 0. The predicted octanol–water partition coefficient (Wildman–Crippen LogP) is 1.93. The minimum atomic E-state index is -0.238. The van der Waals surface area contributed by atoms with E-state index in [0.717, 1.165) is 12.2 Å². The van der Waals surface area contributed by atoms with Crippen LogP contribution in [0.1, 0.15) is 19.4 Å². The minimum absolute atomic E-state index is 0.238. The third-order valence-electron chi connectivity index (χ3n) is 1.65. The van der Waals surface area contributed by atoms with Gasteiger partial charge in [0.15, 0.2) is 0 Å². The van der Waals surface area contributed by atoms with Crippen LogP contribution < -0.4 is 10.5 Å². The zero-order valence-corrected chi connectivity index (χ0v) is 7.58. The molecular weight excluding hydrogens is 150 g/mol. The molecule has 0 fully saturated rings. The van der Waals surface area contributed by atoms with Crippen molar-refractivity contribution in [2.45, 2.75) is 26.5 Å². The van der Waals surface area contributed by atoms with E-state index in [0.29, 0.717) is 0 Å². The van der Waals surface area contributed by atoms with E-state index in [2.05, 4.69) is 19.1 Å². The summed E-state index contributed by atoms with van der Waals surface area (Å²) in [5.41, 5.74) is 6.78. The van der Waals surface area contributed by atoms with Crippen LogP contribution in [0.15, 0.2) is 24.3 Å². The molecular formula is C10H15NO. The second kappa shape index (κ2) is 4.12. The Morgan fingerprint density at radius 3 is 2.33 bits per heavy atom. The Kier molecular flexibility index (Phi) is 3.11. The fourth-order valence-corrected chi connectivity index (χ4v) is 1.02. The van der Waals surface area contributed by atoms with E-state index >= 15 is 0 Å². The quantitative estimate of drug-likeness (QED) is 0.694. The molecule has 12 heavy (non-hydrogen) atoms. The first-order chi connectivity index (χ1) is 5.72. The molecule has 0 heterocycles. The van der Waals surface area contributed by atoms with E-state index in [1.807, 2.05) is 19.1 Å². The van der Waals surface area contributed by atoms with E-state index in [4.69, 9.17) is 10.5 Å². The Balaban J connectivity index is 2.65. The number of hydrogen-bond acceptors (Lipinski definition) is 2. The van der Waals surface area contributed by atoms with Crippen molar-refractivity contribution >= 4 is 0 Å². The van der Waals surface area contributed by atoms with Crippen LogP contribution in [0.5, 0.6) is 5.75 Å². The number of rotatable bonds is 3. The van der Waals surface area contributed by atoms with Crippen LogP contribution >= 0.6 is 0 Å². The number of nitrogens with two attached hydrogens (primary N) is 1. The normalized spacial score (nSPS) is 12.6. The molecule has 1 aromatic carbocycles. The Bertz CT molecular complexity index is 228. The Morgan fingerprint density at radius 1 is 1.33 bits per heavy atom. The number of ether oxygens (including phenoxy) is 1. The molecule has 2 heteroatoms. The summed E-state index contributed by atoms with van der Waals surface area (Å²) in [5.74, 6) is 0.835. The first-order valence-corrected chi connectivity index (χ1v) is 4.23. The SMILES string of the molecule is CCc1ccc(OC(C)N)cc1. The van der Waals surface area contributed by atoms with Gasteiger partial charge in [0.25, 0.3) is 0 Å². The smallest absolute Gasteiger partial charge is 0.144 e. The van der Waals surface area contributed by atoms with Crippen molar-refractivity contribution in [1.82, 2.24) is 0 Å². The van der Waals surface area contributed by atoms with E-state index in [-0.39, 0.29) is 6.23 Å². The molecule has 0 amide bonds. The fraction of sp³-hybridized carbons (Fsp3) is 0.400. The molecule has 0 spiro atoms. The monoisotopic (exact) mass is 165 g/mol. The largest absolute Gasteiger partial charge is 0.476 e. The van der Waals surface area contributed by atoms with Crippen LogP contribution in [0.4, 0.5) is 0 Å². The molecule has 0 aromatic heterocycles. The van der Waals surface area contributed by atoms with Crippen LogP contribution in [0, 0.1) is 0 Å². The molecule has 0 aliphatic heterocycles. The summed E-state index contributed by atoms with van der Waals surface area (Å²) in [5, 5.41) is 0. The molecule has 2 N–H and O–H groups in total. The van der Waals surface area contributed by atoms with Gasteiger partial charge in [-0.05, 0) is 31.0 Å². The molecule has 0 bridgehead atoms. The van der Waals surface area contributed by atoms with E-state index in [1.165, 1.54) is 5.56 Å². The number of benzene rings is 1. The van der Waals surface area contributed by atoms with Crippen molar-refractivity contribution in [2.75, 3.05) is 0 Å². The minimum Gasteiger partial charge on any atom is -0.476 e. The van der Waals surface area contributed by atoms with Gasteiger partial charge in [-0.25, -0.2) is 0 Å². The topological polar surface area (TPSA) is 35.2 Å². The van der Waals surface area contributed by atoms with Gasteiger partial charge in [-0.2, -0.15) is 0 Å². The predicted molar refractivity (Wildman–Crippen MR) is 50.1 cm³/mol. The van der Waals surface area contributed by atoms with Crippen molar-refractivity contribution in [3.63, 3.8) is 0 Å². The Hall–Kier alpha value is -1.02. The molecule has 0 aliphatic rings. The molecule has 1 unspecified atom stereocenters. The van der Waals surface area contributed by atoms with Gasteiger partial charge in [0.1, 0.15) is 12.0 Å². The standard InChI is InChI=1S/C10H15NO/c1-3-9-4-6-10(7-5-9)12-8(2)11/h4-8H,3,11H2,1-2H3. The maximum Gasteiger partial charge on any atom is 0.144 e. The molecule has 66 valence electrons. The van der Waals surface area contributed by atoms with Crippen molar-refractivity contribution in [3.05, 3.63) is 29.8 Å². The van der Waals surface area contributed by atoms with Crippen molar-refractivity contribution in [1.29, 1.82) is 0 Å². The molecule has 0 aliphatic carbocycles. The van der Waals surface area contributed by atoms with E-state index in [9.17, 15) is 0 Å². The van der Waals surface area contributed by atoms with Crippen LogP contribution in [0.25, 0.3) is 0 Å². The molecule has 1 atom stereocenters. The molecule has 0 saturated carbocycles. The van der Waals surface area contributed by atoms with Gasteiger partial charge in [-0.3, -0.25) is 5.73 Å². The van der Waals surface area contributed by atoms with Crippen LogP contribution in [-0.4, -0.2) is 6.23 Å². The summed E-state index contributed by atoms with van der Waals surface area (Å²) in [6, 6.07) is 8.00. The summed E-state index contributed by atoms with van der Waals surface area (Å²) >= 11 is 0. The maximum atomic E-state index is 5.47. The summed E-state index contributed by atoms with van der Waals surface area (Å²) in [6.45, 7) is 3.94. The lowest BCUT2D eigenvalue weighted by molar-refractivity contribution is 0.230. The molecule has 1 aromatic rings. The lowest BCUT2D eigenvalue weighted by Gasteiger charge is -2.09. The first kappa shape index (κ1) is 9.07. The van der Waals surface area contributed by atoms with Crippen LogP contribution in [0.2, 0.25) is 0 Å². The van der Waals surface area contributed by atoms with Crippen LogP contribution in [-0.2, 0) is 6.42 Å². The van der Waals surface area contributed by atoms with Gasteiger partial charge in [-0.1, -0.05) is 19.1 Å². The Labute approximate surface area is 73.3 Å². The van der Waals surface area contributed by atoms with Gasteiger partial charge in [0, 0.05) is 0 Å². The highest BCUT2D eigenvalue weighted by molar-refractivity contribution is 5.27.